The number of rotatable bonds is 8. The molecular formula is C13H22ClN3O4S2. The minimum absolute atomic E-state index is 0. The van der Waals surface area contributed by atoms with Gasteiger partial charge in [-0.15, -0.1) is 12.4 Å². The van der Waals surface area contributed by atoms with E-state index >= 15 is 0 Å². The summed E-state index contributed by atoms with van der Waals surface area (Å²) in [5.41, 5.74) is 6.48. The standard InChI is InChI=1S/C13H21N3O4S2.ClH/c1-20-12-5-4-9(8-11(12)16-22(3,18)19)15-13(17)10(14)6-7-21-2;/h4-5,8,10,16H,6-7,14H2,1-3H3,(H,15,17);1H. The molecule has 0 aromatic heterocycles. The minimum Gasteiger partial charge on any atom is -0.495 e. The molecule has 1 aromatic carbocycles. The van der Waals surface area contributed by atoms with Crippen molar-refractivity contribution in [3.05, 3.63) is 18.2 Å². The molecule has 0 aliphatic carbocycles. The second-order valence-corrected chi connectivity index (χ2v) is 7.40. The molecule has 10 heteroatoms. The SMILES string of the molecule is COc1ccc(NC(=O)C(N)CCSC)cc1NS(C)(=O)=O.Cl. The van der Waals surface area contributed by atoms with Gasteiger partial charge < -0.3 is 15.8 Å². The topological polar surface area (TPSA) is 111 Å². The van der Waals surface area contributed by atoms with E-state index < -0.39 is 16.1 Å². The number of hydrogen-bond acceptors (Lipinski definition) is 6. The molecule has 1 atom stereocenters. The van der Waals surface area contributed by atoms with Crippen molar-refractivity contribution in [3.8, 4) is 5.75 Å². The molecule has 132 valence electrons. The van der Waals surface area contributed by atoms with Crippen LogP contribution in [0.4, 0.5) is 11.4 Å². The molecule has 4 N–H and O–H groups in total. The van der Waals surface area contributed by atoms with Crippen LogP contribution in [-0.4, -0.2) is 45.7 Å². The van der Waals surface area contributed by atoms with Crippen LogP contribution in [0.25, 0.3) is 0 Å². The maximum absolute atomic E-state index is 12.0. The molecule has 23 heavy (non-hydrogen) atoms. The van der Waals surface area contributed by atoms with Crippen molar-refractivity contribution in [2.45, 2.75) is 12.5 Å². The average Bonchev–Trinajstić information content (AvgIpc) is 2.43. The Balaban J connectivity index is 0.00000484. The number of carbonyl (C=O) groups excluding carboxylic acids is 1. The lowest BCUT2D eigenvalue weighted by atomic mass is 10.2. The Hall–Kier alpha value is -1.16. The number of nitrogens with two attached hydrogens (primary N) is 1. The fourth-order valence-corrected chi connectivity index (χ4v) is 2.72. The van der Waals surface area contributed by atoms with Gasteiger partial charge >= 0.3 is 0 Å². The maximum atomic E-state index is 12.0. The van der Waals surface area contributed by atoms with Crippen molar-refractivity contribution in [3.63, 3.8) is 0 Å². The van der Waals surface area contributed by atoms with Crippen LogP contribution in [0.5, 0.6) is 5.75 Å². The van der Waals surface area contributed by atoms with Crippen LogP contribution in [0, 0.1) is 0 Å². The maximum Gasteiger partial charge on any atom is 0.241 e. The van der Waals surface area contributed by atoms with Crippen LogP contribution in [0.2, 0.25) is 0 Å². The summed E-state index contributed by atoms with van der Waals surface area (Å²) in [4.78, 5) is 12.0. The van der Waals surface area contributed by atoms with Crippen molar-refractivity contribution >= 4 is 51.5 Å². The van der Waals surface area contributed by atoms with E-state index in [1.54, 1.807) is 23.9 Å². The predicted octanol–water partition coefficient (Wildman–Crippen LogP) is 1.51. The molecule has 1 unspecified atom stereocenters. The van der Waals surface area contributed by atoms with Crippen LogP contribution in [-0.2, 0) is 14.8 Å². The summed E-state index contributed by atoms with van der Waals surface area (Å²) in [5.74, 6) is 0.831. The molecule has 0 heterocycles. The Kier molecular flexibility index (Phi) is 9.37. The summed E-state index contributed by atoms with van der Waals surface area (Å²) < 4.78 is 30.1. The van der Waals surface area contributed by atoms with Gasteiger partial charge in [0.1, 0.15) is 5.75 Å². The largest absolute Gasteiger partial charge is 0.495 e. The highest BCUT2D eigenvalue weighted by molar-refractivity contribution is 7.98. The number of hydrogen-bond donors (Lipinski definition) is 3. The smallest absolute Gasteiger partial charge is 0.241 e. The number of halogens is 1. The summed E-state index contributed by atoms with van der Waals surface area (Å²) in [6.45, 7) is 0. The van der Waals surface area contributed by atoms with E-state index in [2.05, 4.69) is 10.0 Å². The van der Waals surface area contributed by atoms with E-state index in [1.807, 2.05) is 6.26 Å². The number of sulfonamides is 1. The summed E-state index contributed by atoms with van der Waals surface area (Å²) in [7, 11) is -2.02. The summed E-state index contributed by atoms with van der Waals surface area (Å²) in [6.07, 6.45) is 3.55. The van der Waals surface area contributed by atoms with Crippen molar-refractivity contribution in [1.29, 1.82) is 0 Å². The Morgan fingerprint density at radius 3 is 2.61 bits per heavy atom. The minimum atomic E-state index is -3.45. The number of ether oxygens (including phenoxy) is 1. The van der Waals surface area contributed by atoms with E-state index in [0.29, 0.717) is 17.9 Å². The average molecular weight is 384 g/mol. The normalized spacial score (nSPS) is 12.0. The first-order valence-corrected chi connectivity index (χ1v) is 9.76. The number of anilines is 2. The lowest BCUT2D eigenvalue weighted by Crippen LogP contribution is -2.36. The number of nitrogens with one attached hydrogen (secondary N) is 2. The highest BCUT2D eigenvalue weighted by Gasteiger charge is 2.15. The van der Waals surface area contributed by atoms with Gasteiger partial charge in [-0.25, -0.2) is 8.42 Å². The van der Waals surface area contributed by atoms with Gasteiger partial charge in [0.15, 0.2) is 0 Å². The van der Waals surface area contributed by atoms with E-state index in [1.165, 1.54) is 13.2 Å². The molecule has 0 bridgehead atoms. The second-order valence-electron chi connectivity index (χ2n) is 4.67. The number of amides is 1. The second kappa shape index (κ2) is 9.86. The van der Waals surface area contributed by atoms with Crippen LogP contribution in [0.3, 0.4) is 0 Å². The summed E-state index contributed by atoms with van der Waals surface area (Å²) in [6, 6.07) is 4.06. The Morgan fingerprint density at radius 1 is 1.43 bits per heavy atom. The van der Waals surface area contributed by atoms with Crippen molar-refractivity contribution in [2.75, 3.05) is 35.4 Å². The Bertz CT molecular complexity index is 626. The van der Waals surface area contributed by atoms with Gasteiger partial charge in [-0.05, 0) is 36.6 Å². The molecule has 0 fully saturated rings. The molecule has 1 rings (SSSR count). The third-order valence-electron chi connectivity index (χ3n) is 2.73. The zero-order valence-electron chi connectivity index (χ0n) is 13.2. The van der Waals surface area contributed by atoms with Crippen LogP contribution in [0.15, 0.2) is 18.2 Å². The van der Waals surface area contributed by atoms with E-state index in [0.717, 1.165) is 12.0 Å². The molecule has 1 aromatic rings. The Morgan fingerprint density at radius 2 is 2.09 bits per heavy atom. The van der Waals surface area contributed by atoms with Crippen LogP contribution < -0.4 is 20.5 Å². The van der Waals surface area contributed by atoms with Gasteiger partial charge in [0, 0.05) is 5.69 Å². The van der Waals surface area contributed by atoms with Crippen molar-refractivity contribution < 1.29 is 17.9 Å². The van der Waals surface area contributed by atoms with Gasteiger partial charge in [0.2, 0.25) is 15.9 Å². The van der Waals surface area contributed by atoms with Gasteiger partial charge in [0.25, 0.3) is 0 Å². The molecule has 0 aliphatic rings. The highest BCUT2D eigenvalue weighted by Crippen LogP contribution is 2.28. The number of thioether (sulfide) groups is 1. The fourth-order valence-electron chi connectivity index (χ4n) is 1.68. The first-order chi connectivity index (χ1) is 10.3. The zero-order valence-corrected chi connectivity index (χ0v) is 15.6. The lowest BCUT2D eigenvalue weighted by Gasteiger charge is -2.14. The molecule has 0 radical (unpaired) electrons. The molecule has 0 spiro atoms. The first kappa shape index (κ1) is 21.8. The van der Waals surface area contributed by atoms with E-state index in [9.17, 15) is 13.2 Å². The number of methoxy groups -OCH3 is 1. The zero-order chi connectivity index (χ0) is 16.8. The quantitative estimate of drug-likeness (QED) is 0.627. The molecule has 7 nitrogen and oxygen atoms in total. The van der Waals surface area contributed by atoms with Crippen molar-refractivity contribution in [1.82, 2.24) is 0 Å². The Labute approximate surface area is 147 Å². The lowest BCUT2D eigenvalue weighted by molar-refractivity contribution is -0.117. The van der Waals surface area contributed by atoms with Gasteiger partial charge in [-0.1, -0.05) is 0 Å². The molecule has 0 aliphatic heterocycles. The number of carbonyl (C=O) groups is 1. The summed E-state index contributed by atoms with van der Waals surface area (Å²) >= 11 is 1.61. The van der Waals surface area contributed by atoms with Gasteiger partial charge in [-0.2, -0.15) is 11.8 Å². The first-order valence-electron chi connectivity index (χ1n) is 6.48. The van der Waals surface area contributed by atoms with Crippen LogP contribution in [0.1, 0.15) is 6.42 Å². The van der Waals surface area contributed by atoms with E-state index in [-0.39, 0.29) is 24.0 Å². The van der Waals surface area contributed by atoms with E-state index in [4.69, 9.17) is 10.5 Å². The van der Waals surface area contributed by atoms with Gasteiger partial charge in [0.05, 0.1) is 25.1 Å². The summed E-state index contributed by atoms with van der Waals surface area (Å²) in [5, 5.41) is 2.66. The molecule has 1 amide bonds. The highest BCUT2D eigenvalue weighted by atomic mass is 35.5. The molecular weight excluding hydrogens is 362 g/mol. The van der Waals surface area contributed by atoms with Gasteiger partial charge in [-0.3, -0.25) is 9.52 Å². The third-order valence-corrected chi connectivity index (χ3v) is 3.97. The number of benzene rings is 1. The van der Waals surface area contributed by atoms with Crippen molar-refractivity contribution in [2.24, 2.45) is 5.73 Å². The molecule has 0 saturated heterocycles. The fraction of sp³-hybridized carbons (Fsp3) is 0.462. The monoisotopic (exact) mass is 383 g/mol. The molecule has 0 saturated carbocycles. The third kappa shape index (κ3) is 7.78. The van der Waals surface area contributed by atoms with Crippen LogP contribution >= 0.6 is 24.2 Å². The predicted molar refractivity (Wildman–Crippen MR) is 98.3 cm³/mol.